The van der Waals surface area contributed by atoms with Gasteiger partial charge in [0.15, 0.2) is 6.61 Å². The van der Waals surface area contributed by atoms with E-state index in [1.807, 2.05) is 0 Å². The number of rotatable bonds is 2. The average molecular weight is 264 g/mol. The Morgan fingerprint density at radius 2 is 2.21 bits per heavy atom. The van der Waals surface area contributed by atoms with Gasteiger partial charge in [0.05, 0.1) is 17.9 Å². The molecule has 100 valence electrons. The van der Waals surface area contributed by atoms with Gasteiger partial charge in [-0.25, -0.2) is 9.69 Å². The van der Waals surface area contributed by atoms with E-state index >= 15 is 0 Å². The van der Waals surface area contributed by atoms with Crippen LogP contribution >= 0.6 is 0 Å². The molecule has 2 aliphatic rings. The zero-order chi connectivity index (χ0) is 13.4. The van der Waals surface area contributed by atoms with Crippen molar-refractivity contribution < 1.29 is 23.5 Å². The molecule has 0 spiro atoms. The summed E-state index contributed by atoms with van der Waals surface area (Å²) in [5.74, 6) is -0.496. The van der Waals surface area contributed by atoms with Gasteiger partial charge in [-0.2, -0.15) is 0 Å². The molecule has 0 saturated carbocycles. The molecule has 7 nitrogen and oxygen atoms in total. The van der Waals surface area contributed by atoms with Crippen molar-refractivity contribution in [2.75, 3.05) is 19.7 Å². The molecule has 0 radical (unpaired) electrons. The van der Waals surface area contributed by atoms with E-state index in [9.17, 15) is 14.4 Å². The molecule has 3 heterocycles. The monoisotopic (exact) mass is 264 g/mol. The number of ether oxygens (including phenoxy) is 1. The maximum Gasteiger partial charge on any atom is 0.417 e. The molecule has 0 aromatic carbocycles. The highest BCUT2D eigenvalue weighted by molar-refractivity contribution is 5.98. The number of nitrogens with zero attached hydrogens (tertiary/aromatic N) is 2. The molecule has 19 heavy (non-hydrogen) atoms. The van der Waals surface area contributed by atoms with Gasteiger partial charge < -0.3 is 14.1 Å². The Morgan fingerprint density at radius 3 is 2.84 bits per heavy atom. The fourth-order valence-corrected chi connectivity index (χ4v) is 2.42. The number of carbonyl (C=O) groups excluding carboxylic acids is 3. The predicted molar refractivity (Wildman–Crippen MR) is 61.2 cm³/mol. The molecule has 0 N–H and O–H groups in total. The van der Waals surface area contributed by atoms with Gasteiger partial charge in [-0.05, 0) is 12.5 Å². The predicted octanol–water partition coefficient (Wildman–Crippen LogP) is 0.473. The van der Waals surface area contributed by atoms with Crippen LogP contribution in [0.3, 0.4) is 0 Å². The number of hydrogen-bond donors (Lipinski definition) is 0. The lowest BCUT2D eigenvalue weighted by molar-refractivity contribution is -0.127. The lowest BCUT2D eigenvalue weighted by Crippen LogP contribution is -2.41. The topological polar surface area (TPSA) is 80.1 Å². The number of cyclic esters (lactones) is 1. The highest BCUT2D eigenvalue weighted by Gasteiger charge is 2.41. The van der Waals surface area contributed by atoms with Gasteiger partial charge >= 0.3 is 6.09 Å². The van der Waals surface area contributed by atoms with E-state index in [1.165, 1.54) is 12.5 Å². The van der Waals surface area contributed by atoms with Crippen LogP contribution in [0.4, 0.5) is 4.79 Å². The summed E-state index contributed by atoms with van der Waals surface area (Å²) in [7, 11) is 0. The summed E-state index contributed by atoms with van der Waals surface area (Å²) in [6.07, 6.45) is 2.77. The van der Waals surface area contributed by atoms with E-state index in [-0.39, 0.29) is 24.5 Å². The van der Waals surface area contributed by atoms with Crippen molar-refractivity contribution in [1.29, 1.82) is 0 Å². The molecule has 1 aromatic rings. The van der Waals surface area contributed by atoms with E-state index in [0.717, 1.165) is 4.90 Å². The first kappa shape index (κ1) is 11.8. The van der Waals surface area contributed by atoms with Crippen LogP contribution in [-0.4, -0.2) is 53.4 Å². The second-order valence-electron chi connectivity index (χ2n) is 4.52. The van der Waals surface area contributed by atoms with Gasteiger partial charge in [-0.1, -0.05) is 0 Å². The molecular weight excluding hydrogens is 252 g/mol. The summed E-state index contributed by atoms with van der Waals surface area (Å²) in [5, 5.41) is 0. The molecule has 3 amide bonds. The SMILES string of the molecule is O=C(c1ccoc1)N1CC[C@H](N2C(=O)COC2=O)C1. The Balaban J connectivity index is 1.69. The van der Waals surface area contributed by atoms with Crippen LogP contribution in [0, 0.1) is 0 Å². The van der Waals surface area contributed by atoms with E-state index in [0.29, 0.717) is 25.1 Å². The number of carbonyl (C=O) groups is 3. The molecule has 7 heteroatoms. The quantitative estimate of drug-likeness (QED) is 0.775. The number of imide groups is 1. The molecule has 0 aliphatic carbocycles. The van der Waals surface area contributed by atoms with Crippen LogP contribution in [-0.2, 0) is 9.53 Å². The summed E-state index contributed by atoms with van der Waals surface area (Å²) >= 11 is 0. The van der Waals surface area contributed by atoms with Gasteiger partial charge in [0, 0.05) is 13.1 Å². The van der Waals surface area contributed by atoms with E-state index < -0.39 is 6.09 Å². The first-order valence-electron chi connectivity index (χ1n) is 5.97. The molecule has 1 aromatic heterocycles. The summed E-state index contributed by atoms with van der Waals surface area (Å²) in [4.78, 5) is 37.8. The fourth-order valence-electron chi connectivity index (χ4n) is 2.42. The van der Waals surface area contributed by atoms with Crippen LogP contribution in [0.2, 0.25) is 0 Å². The fraction of sp³-hybridized carbons (Fsp3) is 0.417. The molecule has 0 bridgehead atoms. The third-order valence-electron chi connectivity index (χ3n) is 3.37. The third kappa shape index (κ3) is 1.96. The first-order chi connectivity index (χ1) is 9.16. The molecular formula is C12H12N2O5. The van der Waals surface area contributed by atoms with Crippen LogP contribution in [0.15, 0.2) is 23.0 Å². The van der Waals surface area contributed by atoms with Crippen LogP contribution in [0.1, 0.15) is 16.8 Å². The Kier molecular flexibility index (Phi) is 2.73. The minimum absolute atomic E-state index is 0.156. The molecule has 2 saturated heterocycles. The van der Waals surface area contributed by atoms with Crippen LogP contribution < -0.4 is 0 Å². The van der Waals surface area contributed by atoms with Gasteiger partial charge in [0.1, 0.15) is 6.26 Å². The van der Waals surface area contributed by atoms with Crippen molar-refractivity contribution in [3.8, 4) is 0 Å². The maximum absolute atomic E-state index is 12.1. The largest absolute Gasteiger partial charge is 0.472 e. The smallest absolute Gasteiger partial charge is 0.417 e. The minimum atomic E-state index is -0.618. The molecule has 1 atom stereocenters. The van der Waals surface area contributed by atoms with Crippen molar-refractivity contribution in [1.82, 2.24) is 9.80 Å². The lowest BCUT2D eigenvalue weighted by Gasteiger charge is -2.20. The average Bonchev–Trinajstić information content (AvgIpc) is 3.10. The van der Waals surface area contributed by atoms with E-state index in [1.54, 1.807) is 11.0 Å². The maximum atomic E-state index is 12.1. The molecule has 0 unspecified atom stereocenters. The van der Waals surface area contributed by atoms with E-state index in [2.05, 4.69) is 4.74 Å². The van der Waals surface area contributed by atoms with Gasteiger partial charge in [-0.15, -0.1) is 0 Å². The molecule has 2 fully saturated rings. The summed E-state index contributed by atoms with van der Waals surface area (Å²) in [5.41, 5.74) is 0.468. The molecule has 3 rings (SSSR count). The zero-order valence-electron chi connectivity index (χ0n) is 10.1. The summed E-state index contributed by atoms with van der Waals surface area (Å²) in [6.45, 7) is 0.640. The van der Waals surface area contributed by atoms with Crippen molar-refractivity contribution >= 4 is 17.9 Å². The van der Waals surface area contributed by atoms with Crippen molar-refractivity contribution in [3.05, 3.63) is 24.2 Å². The Hall–Kier alpha value is -2.31. The van der Waals surface area contributed by atoms with Gasteiger partial charge in [0.2, 0.25) is 0 Å². The normalized spacial score (nSPS) is 23.1. The Labute approximate surface area is 108 Å². The minimum Gasteiger partial charge on any atom is -0.472 e. The first-order valence-corrected chi connectivity index (χ1v) is 5.97. The number of furan rings is 1. The second kappa shape index (κ2) is 4.42. The number of amides is 3. The van der Waals surface area contributed by atoms with E-state index in [4.69, 9.17) is 4.42 Å². The summed E-state index contributed by atoms with van der Waals surface area (Å²) < 4.78 is 9.55. The van der Waals surface area contributed by atoms with Gasteiger partial charge in [0.25, 0.3) is 11.8 Å². The van der Waals surface area contributed by atoms with Crippen LogP contribution in [0.25, 0.3) is 0 Å². The Bertz CT molecular complexity index is 508. The van der Waals surface area contributed by atoms with Crippen molar-refractivity contribution in [2.24, 2.45) is 0 Å². The van der Waals surface area contributed by atoms with Crippen molar-refractivity contribution in [3.63, 3.8) is 0 Å². The number of hydrogen-bond acceptors (Lipinski definition) is 5. The number of likely N-dealkylation sites (tertiary alicyclic amines) is 1. The highest BCUT2D eigenvalue weighted by Crippen LogP contribution is 2.21. The van der Waals surface area contributed by atoms with Crippen LogP contribution in [0.5, 0.6) is 0 Å². The Morgan fingerprint density at radius 1 is 1.37 bits per heavy atom. The molecule has 2 aliphatic heterocycles. The third-order valence-corrected chi connectivity index (χ3v) is 3.37. The lowest BCUT2D eigenvalue weighted by atomic mass is 10.2. The zero-order valence-corrected chi connectivity index (χ0v) is 10.1. The highest BCUT2D eigenvalue weighted by atomic mass is 16.6. The summed E-state index contributed by atoms with van der Waals surface area (Å²) in [6, 6.07) is 1.30. The van der Waals surface area contributed by atoms with Gasteiger partial charge in [-0.3, -0.25) is 9.59 Å². The second-order valence-corrected chi connectivity index (χ2v) is 4.52. The standard InChI is InChI=1S/C12H12N2O5/c15-10-7-19-12(17)14(10)9-1-3-13(5-9)11(16)8-2-4-18-6-8/h2,4,6,9H,1,3,5,7H2/t9-/m0/s1. The van der Waals surface area contributed by atoms with Crippen molar-refractivity contribution in [2.45, 2.75) is 12.5 Å².